The summed E-state index contributed by atoms with van der Waals surface area (Å²) in [4.78, 5) is 9.77. The van der Waals surface area contributed by atoms with Crippen LogP contribution in [0, 0.1) is 5.92 Å². The van der Waals surface area contributed by atoms with E-state index in [0.717, 1.165) is 71.6 Å². The largest absolute Gasteiger partial charge is 0.383 e. The highest BCUT2D eigenvalue weighted by Crippen LogP contribution is 2.20. The van der Waals surface area contributed by atoms with Crippen LogP contribution < -0.4 is 10.6 Å². The molecular weight excluding hydrogens is 469 g/mol. The fourth-order valence-corrected chi connectivity index (χ4v) is 3.56. The number of aliphatic imine (C=N–C) groups is 1. The number of likely N-dealkylation sites (N-methyl/N-ethyl adjacent to an activating group) is 1. The van der Waals surface area contributed by atoms with Crippen LogP contribution in [0.4, 0.5) is 0 Å². The van der Waals surface area contributed by atoms with E-state index in [1.54, 1.807) is 7.11 Å². The maximum atomic E-state index is 5.55. The summed E-state index contributed by atoms with van der Waals surface area (Å²) < 4.78 is 10.7. The maximum absolute atomic E-state index is 5.55. The molecule has 168 valence electrons. The lowest BCUT2D eigenvalue weighted by molar-refractivity contribution is 0.00395. The van der Waals surface area contributed by atoms with Gasteiger partial charge in [-0.15, -0.1) is 24.0 Å². The molecule has 28 heavy (non-hydrogen) atoms. The van der Waals surface area contributed by atoms with E-state index in [1.165, 1.54) is 12.8 Å². The van der Waals surface area contributed by atoms with Gasteiger partial charge in [-0.2, -0.15) is 0 Å². The first-order chi connectivity index (χ1) is 13.2. The average Bonchev–Trinajstić information content (AvgIpc) is 2.70. The average molecular weight is 514 g/mol. The van der Waals surface area contributed by atoms with Crippen molar-refractivity contribution in [2.24, 2.45) is 10.9 Å². The Labute approximate surface area is 190 Å². The van der Waals surface area contributed by atoms with Crippen molar-refractivity contribution in [1.29, 1.82) is 0 Å². The Morgan fingerprint density at radius 2 is 1.82 bits per heavy atom. The van der Waals surface area contributed by atoms with Gasteiger partial charge in [-0.25, -0.2) is 0 Å². The van der Waals surface area contributed by atoms with Crippen LogP contribution in [0.1, 0.15) is 33.6 Å². The number of ether oxygens (including phenoxy) is 2. The smallest absolute Gasteiger partial charge is 0.191 e. The molecule has 2 N–H and O–H groups in total. The third-order valence-electron chi connectivity index (χ3n) is 5.35. The molecule has 0 aromatic heterocycles. The van der Waals surface area contributed by atoms with Crippen molar-refractivity contribution < 1.29 is 9.47 Å². The summed E-state index contributed by atoms with van der Waals surface area (Å²) in [5, 5.41) is 6.86. The van der Waals surface area contributed by atoms with Crippen LogP contribution in [-0.2, 0) is 9.47 Å². The van der Waals surface area contributed by atoms with Gasteiger partial charge < -0.3 is 25.0 Å². The molecule has 1 heterocycles. The molecule has 1 unspecified atom stereocenters. The first kappa shape index (κ1) is 27.8. The molecule has 1 saturated heterocycles. The molecule has 7 nitrogen and oxygen atoms in total. The molecule has 0 radical (unpaired) electrons. The lowest BCUT2D eigenvalue weighted by Gasteiger charge is -2.38. The predicted octanol–water partition coefficient (Wildman–Crippen LogP) is 1.87. The van der Waals surface area contributed by atoms with Gasteiger partial charge in [-0.1, -0.05) is 26.7 Å². The van der Waals surface area contributed by atoms with Gasteiger partial charge in [0.15, 0.2) is 5.96 Å². The zero-order valence-corrected chi connectivity index (χ0v) is 21.0. The Morgan fingerprint density at radius 1 is 1.14 bits per heavy atom. The molecule has 8 heteroatoms. The zero-order valence-electron chi connectivity index (χ0n) is 18.7. The Bertz CT molecular complexity index is 391. The van der Waals surface area contributed by atoms with Crippen LogP contribution in [0.3, 0.4) is 0 Å². The van der Waals surface area contributed by atoms with Gasteiger partial charge in [0, 0.05) is 52.4 Å². The number of halogens is 1. The van der Waals surface area contributed by atoms with Crippen molar-refractivity contribution >= 4 is 29.9 Å². The Hall–Kier alpha value is -0.160. The van der Waals surface area contributed by atoms with Crippen molar-refractivity contribution in [2.45, 2.75) is 39.7 Å². The molecule has 0 bridgehead atoms. The lowest BCUT2D eigenvalue weighted by Crippen LogP contribution is -2.49. The summed E-state index contributed by atoms with van der Waals surface area (Å²) in [5.74, 6) is 1.59. The minimum atomic E-state index is 0. The van der Waals surface area contributed by atoms with E-state index in [4.69, 9.17) is 14.5 Å². The van der Waals surface area contributed by atoms with Gasteiger partial charge in [-0.3, -0.25) is 9.89 Å². The van der Waals surface area contributed by atoms with E-state index in [0.29, 0.717) is 12.0 Å². The SMILES string of the molecule is CCNC(=NCC(C(CC)CC)N1CCOCC1)NCCN(C)CCOC.I. The van der Waals surface area contributed by atoms with Crippen LogP contribution in [0.15, 0.2) is 4.99 Å². The molecule has 1 aliphatic rings. The molecule has 0 saturated carbocycles. The van der Waals surface area contributed by atoms with E-state index in [9.17, 15) is 0 Å². The van der Waals surface area contributed by atoms with Crippen LogP contribution in [0.5, 0.6) is 0 Å². The quantitative estimate of drug-likeness (QED) is 0.223. The number of methoxy groups -OCH3 is 1. The third kappa shape index (κ3) is 11.1. The molecule has 0 aromatic rings. The summed E-state index contributed by atoms with van der Waals surface area (Å²) in [6.07, 6.45) is 2.39. The topological polar surface area (TPSA) is 61.4 Å². The van der Waals surface area contributed by atoms with Crippen LogP contribution in [0.2, 0.25) is 0 Å². The minimum absolute atomic E-state index is 0. The Morgan fingerprint density at radius 3 is 2.39 bits per heavy atom. The second-order valence-corrected chi connectivity index (χ2v) is 7.23. The maximum Gasteiger partial charge on any atom is 0.191 e. The van der Waals surface area contributed by atoms with E-state index < -0.39 is 0 Å². The molecule has 1 aliphatic heterocycles. The van der Waals surface area contributed by atoms with Crippen LogP contribution in [-0.4, -0.2) is 102 Å². The number of nitrogens with zero attached hydrogens (tertiary/aromatic N) is 3. The van der Waals surface area contributed by atoms with Crippen molar-refractivity contribution in [3.63, 3.8) is 0 Å². The summed E-state index contributed by atoms with van der Waals surface area (Å²) in [6.45, 7) is 15.7. The summed E-state index contributed by atoms with van der Waals surface area (Å²) in [7, 11) is 3.86. The second-order valence-electron chi connectivity index (χ2n) is 7.23. The monoisotopic (exact) mass is 513 g/mol. The number of morpholine rings is 1. The lowest BCUT2D eigenvalue weighted by atomic mass is 9.92. The normalized spacial score (nSPS) is 16.9. The fourth-order valence-electron chi connectivity index (χ4n) is 3.56. The second kappa shape index (κ2) is 17.7. The summed E-state index contributed by atoms with van der Waals surface area (Å²) in [6, 6.07) is 0.490. The minimum Gasteiger partial charge on any atom is -0.383 e. The molecule has 1 atom stereocenters. The molecule has 1 rings (SSSR count). The zero-order chi connectivity index (χ0) is 19.9. The summed E-state index contributed by atoms with van der Waals surface area (Å²) >= 11 is 0. The standard InChI is InChI=1S/C20H43N5O2.HI/c1-6-18(7-2)19(25-12-15-27-16-13-25)17-23-20(21-8-3)22-9-10-24(4)11-14-26-5;/h18-19H,6-17H2,1-5H3,(H2,21,22,23);1H. The molecule has 0 spiro atoms. The number of hydrogen-bond donors (Lipinski definition) is 2. The van der Waals surface area contributed by atoms with E-state index in [2.05, 4.69) is 48.3 Å². The van der Waals surface area contributed by atoms with Gasteiger partial charge in [0.25, 0.3) is 0 Å². The Kier molecular flexibility index (Phi) is 17.6. The first-order valence-electron chi connectivity index (χ1n) is 10.7. The number of rotatable bonds is 13. The third-order valence-corrected chi connectivity index (χ3v) is 5.35. The van der Waals surface area contributed by atoms with E-state index >= 15 is 0 Å². The number of guanidine groups is 1. The molecule has 0 aliphatic carbocycles. The predicted molar refractivity (Wildman–Crippen MR) is 129 cm³/mol. The molecule has 0 amide bonds. The fraction of sp³-hybridized carbons (Fsp3) is 0.950. The van der Waals surface area contributed by atoms with E-state index in [1.807, 2.05) is 0 Å². The van der Waals surface area contributed by atoms with Crippen LogP contribution in [0.25, 0.3) is 0 Å². The highest BCUT2D eigenvalue weighted by molar-refractivity contribution is 14.0. The van der Waals surface area contributed by atoms with E-state index in [-0.39, 0.29) is 24.0 Å². The van der Waals surface area contributed by atoms with Gasteiger partial charge in [0.05, 0.1) is 26.4 Å². The van der Waals surface area contributed by atoms with Crippen molar-refractivity contribution in [1.82, 2.24) is 20.4 Å². The highest BCUT2D eigenvalue weighted by Gasteiger charge is 2.26. The molecular formula is C20H44IN5O2. The summed E-state index contributed by atoms with van der Waals surface area (Å²) in [5.41, 5.74) is 0. The van der Waals surface area contributed by atoms with Crippen molar-refractivity contribution in [3.05, 3.63) is 0 Å². The Balaban J connectivity index is 0.00000729. The number of hydrogen-bond acceptors (Lipinski definition) is 5. The molecule has 0 aromatic carbocycles. The van der Waals surface area contributed by atoms with Crippen LogP contribution >= 0.6 is 24.0 Å². The van der Waals surface area contributed by atoms with Gasteiger partial charge >= 0.3 is 0 Å². The van der Waals surface area contributed by atoms with Gasteiger partial charge in [0.1, 0.15) is 0 Å². The first-order valence-corrected chi connectivity index (χ1v) is 10.7. The van der Waals surface area contributed by atoms with Gasteiger partial charge in [-0.05, 0) is 19.9 Å². The highest BCUT2D eigenvalue weighted by atomic mass is 127. The number of nitrogens with one attached hydrogen (secondary N) is 2. The van der Waals surface area contributed by atoms with Crippen molar-refractivity contribution in [2.75, 3.05) is 79.8 Å². The van der Waals surface area contributed by atoms with Crippen molar-refractivity contribution in [3.8, 4) is 0 Å². The molecule has 1 fully saturated rings. The van der Waals surface area contributed by atoms with Gasteiger partial charge in [0.2, 0.25) is 0 Å².